The summed E-state index contributed by atoms with van der Waals surface area (Å²) in [5, 5.41) is 3.95. The van der Waals surface area contributed by atoms with E-state index < -0.39 is 0 Å². The molecule has 1 heterocycles. The third-order valence-corrected chi connectivity index (χ3v) is 4.70. The van der Waals surface area contributed by atoms with Crippen LogP contribution in [0.4, 0.5) is 10.1 Å². The Kier molecular flexibility index (Phi) is 6.41. The van der Waals surface area contributed by atoms with E-state index in [-0.39, 0.29) is 5.82 Å². The zero-order valence-corrected chi connectivity index (χ0v) is 15.8. The van der Waals surface area contributed by atoms with E-state index in [1.54, 1.807) is 6.07 Å². The van der Waals surface area contributed by atoms with Gasteiger partial charge in [-0.25, -0.2) is 4.39 Å². The second-order valence-corrected chi connectivity index (χ2v) is 6.65. The maximum absolute atomic E-state index is 13.9. The Morgan fingerprint density at radius 2 is 1.92 bits per heavy atom. The first-order valence-electron chi connectivity index (χ1n) is 8.91. The van der Waals surface area contributed by atoms with Gasteiger partial charge in [-0.05, 0) is 43.8 Å². The minimum absolute atomic E-state index is 0.157. The summed E-state index contributed by atoms with van der Waals surface area (Å²) in [4.78, 5) is 4.33. The number of hydrogen-bond acceptors (Lipinski definition) is 3. The topological polar surface area (TPSA) is 27.7 Å². The van der Waals surface area contributed by atoms with Crippen molar-refractivity contribution in [2.24, 2.45) is 0 Å². The lowest BCUT2D eigenvalue weighted by molar-refractivity contribution is 0.132. The van der Waals surface area contributed by atoms with Crippen LogP contribution < -0.4 is 10.1 Å². The molecule has 0 spiro atoms. The van der Waals surface area contributed by atoms with Gasteiger partial charge in [0, 0.05) is 25.2 Å². The molecule has 0 radical (unpaired) electrons. The van der Waals surface area contributed by atoms with Crippen LogP contribution >= 0.6 is 12.2 Å². The molecule has 1 aliphatic heterocycles. The van der Waals surface area contributed by atoms with Crippen molar-refractivity contribution in [1.29, 1.82) is 0 Å². The molecule has 0 amide bonds. The first kappa shape index (κ1) is 18.6. The van der Waals surface area contributed by atoms with Crippen LogP contribution in [0.2, 0.25) is 0 Å². The number of thiocarbonyl (C=S) groups is 1. The van der Waals surface area contributed by atoms with Crippen LogP contribution in [-0.2, 0) is 6.54 Å². The summed E-state index contributed by atoms with van der Waals surface area (Å²) in [6.07, 6.45) is 0.989. The fourth-order valence-corrected chi connectivity index (χ4v) is 3.33. The number of nitrogens with one attached hydrogen (secondary N) is 1. The van der Waals surface area contributed by atoms with Gasteiger partial charge >= 0.3 is 0 Å². The van der Waals surface area contributed by atoms with E-state index in [1.807, 2.05) is 43.3 Å². The van der Waals surface area contributed by atoms with Gasteiger partial charge in [0.1, 0.15) is 11.6 Å². The highest BCUT2D eigenvalue weighted by Crippen LogP contribution is 2.24. The number of anilines is 1. The second kappa shape index (κ2) is 8.96. The van der Waals surface area contributed by atoms with Crippen LogP contribution in [0, 0.1) is 5.82 Å². The average Bonchev–Trinajstić information content (AvgIpc) is 2.66. The number of nitrogens with zero attached hydrogens (tertiary/aromatic N) is 2. The van der Waals surface area contributed by atoms with E-state index in [9.17, 15) is 4.39 Å². The fourth-order valence-electron chi connectivity index (χ4n) is 3.08. The van der Waals surface area contributed by atoms with Gasteiger partial charge in [-0.1, -0.05) is 30.3 Å². The maximum Gasteiger partial charge on any atom is 0.174 e. The van der Waals surface area contributed by atoms with E-state index in [0.29, 0.717) is 24.9 Å². The van der Waals surface area contributed by atoms with Crippen molar-refractivity contribution in [3.8, 4) is 5.75 Å². The third-order valence-electron chi connectivity index (χ3n) is 4.34. The minimum atomic E-state index is -0.157. The molecule has 0 atom stereocenters. The molecule has 4 nitrogen and oxygen atoms in total. The molecule has 0 aliphatic carbocycles. The van der Waals surface area contributed by atoms with Crippen molar-refractivity contribution in [3.05, 3.63) is 59.9 Å². The summed E-state index contributed by atoms with van der Waals surface area (Å²) < 4.78 is 19.6. The molecular weight excluding hydrogens is 349 g/mol. The average molecular weight is 373 g/mol. The van der Waals surface area contributed by atoms with Gasteiger partial charge in [0.05, 0.1) is 19.0 Å². The molecule has 2 aromatic rings. The van der Waals surface area contributed by atoms with E-state index >= 15 is 0 Å². The summed E-state index contributed by atoms with van der Waals surface area (Å²) in [6.45, 7) is 5.64. The van der Waals surface area contributed by atoms with Gasteiger partial charge in [0.2, 0.25) is 0 Å². The highest BCUT2D eigenvalue weighted by atomic mass is 32.1. The van der Waals surface area contributed by atoms with Gasteiger partial charge in [0.15, 0.2) is 5.11 Å². The Labute approximate surface area is 159 Å². The molecule has 1 fully saturated rings. The fraction of sp³-hybridized carbons (Fsp3) is 0.350. The van der Waals surface area contributed by atoms with E-state index in [4.69, 9.17) is 17.0 Å². The molecule has 0 unspecified atom stereocenters. The number of rotatable bonds is 5. The number of halogens is 1. The Morgan fingerprint density at radius 1 is 1.15 bits per heavy atom. The maximum atomic E-state index is 13.9. The van der Waals surface area contributed by atoms with Crippen molar-refractivity contribution in [2.75, 3.05) is 31.7 Å². The normalized spacial score (nSPS) is 14.9. The van der Waals surface area contributed by atoms with Crippen molar-refractivity contribution < 1.29 is 9.13 Å². The molecular formula is C20H24FN3OS. The van der Waals surface area contributed by atoms with E-state index in [1.165, 1.54) is 6.07 Å². The van der Waals surface area contributed by atoms with Crippen molar-refractivity contribution >= 4 is 23.0 Å². The monoisotopic (exact) mass is 373 g/mol. The molecule has 2 aromatic carbocycles. The highest BCUT2D eigenvalue weighted by Gasteiger charge is 2.21. The van der Waals surface area contributed by atoms with Gasteiger partial charge in [-0.3, -0.25) is 4.90 Å². The smallest absolute Gasteiger partial charge is 0.174 e. The molecule has 0 aromatic heterocycles. The third kappa shape index (κ3) is 4.71. The summed E-state index contributed by atoms with van der Waals surface area (Å²) in [6, 6.07) is 14.7. The van der Waals surface area contributed by atoms with Crippen LogP contribution in [0.15, 0.2) is 48.5 Å². The molecule has 1 N–H and O–H groups in total. The van der Waals surface area contributed by atoms with Crippen molar-refractivity contribution in [1.82, 2.24) is 9.80 Å². The number of hydrogen-bond donors (Lipinski definition) is 1. The van der Waals surface area contributed by atoms with Gasteiger partial charge in [-0.2, -0.15) is 0 Å². The highest BCUT2D eigenvalue weighted by molar-refractivity contribution is 7.80. The molecule has 3 rings (SSSR count). The largest absolute Gasteiger partial charge is 0.492 e. The van der Waals surface area contributed by atoms with Gasteiger partial charge in [0.25, 0.3) is 0 Å². The first-order valence-corrected chi connectivity index (χ1v) is 9.31. The van der Waals surface area contributed by atoms with Gasteiger partial charge in [-0.15, -0.1) is 0 Å². The Hall–Kier alpha value is -2.18. The lowest BCUT2D eigenvalue weighted by Gasteiger charge is -2.37. The van der Waals surface area contributed by atoms with E-state index in [2.05, 4.69) is 15.1 Å². The summed E-state index contributed by atoms with van der Waals surface area (Å²) >= 11 is 5.60. The molecule has 138 valence electrons. The Morgan fingerprint density at radius 3 is 2.73 bits per heavy atom. The summed E-state index contributed by atoms with van der Waals surface area (Å²) in [5.74, 6) is 0.633. The minimum Gasteiger partial charge on any atom is -0.492 e. The molecule has 6 heteroatoms. The lowest BCUT2D eigenvalue weighted by atomic mass is 10.2. The lowest BCUT2D eigenvalue weighted by Crippen LogP contribution is -2.48. The first-order chi connectivity index (χ1) is 12.7. The van der Waals surface area contributed by atoms with Crippen LogP contribution in [0.5, 0.6) is 5.75 Å². The van der Waals surface area contributed by atoms with Crippen LogP contribution in [0.25, 0.3) is 0 Å². The standard InChI is InChI=1S/C20H24FN3OS/c1-2-25-19-11-6-5-10-18(19)22-20(26)24-13-7-12-23(15-24)14-16-8-3-4-9-17(16)21/h3-6,8-11H,2,7,12-15H2,1H3,(H,22,26). The number of benzene rings is 2. The molecule has 1 aliphatic rings. The summed E-state index contributed by atoms with van der Waals surface area (Å²) in [7, 11) is 0. The van der Waals surface area contributed by atoms with Crippen molar-refractivity contribution in [2.45, 2.75) is 19.9 Å². The SMILES string of the molecule is CCOc1ccccc1NC(=S)N1CCCN(Cc2ccccc2F)C1. The summed E-state index contributed by atoms with van der Waals surface area (Å²) in [5.41, 5.74) is 1.58. The molecule has 0 bridgehead atoms. The Balaban J connectivity index is 1.62. The molecule has 0 saturated carbocycles. The van der Waals surface area contributed by atoms with Gasteiger partial charge < -0.3 is 15.0 Å². The predicted molar refractivity (Wildman–Crippen MR) is 107 cm³/mol. The quantitative estimate of drug-likeness (QED) is 0.797. The van der Waals surface area contributed by atoms with Crippen LogP contribution in [0.1, 0.15) is 18.9 Å². The van der Waals surface area contributed by atoms with Crippen LogP contribution in [-0.4, -0.2) is 41.3 Å². The van der Waals surface area contributed by atoms with E-state index in [0.717, 1.165) is 36.5 Å². The zero-order valence-electron chi connectivity index (χ0n) is 15.0. The zero-order chi connectivity index (χ0) is 18.4. The molecule has 26 heavy (non-hydrogen) atoms. The number of para-hydroxylation sites is 2. The van der Waals surface area contributed by atoms with Crippen molar-refractivity contribution in [3.63, 3.8) is 0 Å². The Bertz CT molecular complexity index is 755. The van der Waals surface area contributed by atoms with Crippen LogP contribution in [0.3, 0.4) is 0 Å². The predicted octanol–water partition coefficient (Wildman–Crippen LogP) is 4.09. The molecule has 1 saturated heterocycles. The second-order valence-electron chi connectivity index (χ2n) is 6.26. The number of ether oxygens (including phenoxy) is 1.